The van der Waals surface area contributed by atoms with E-state index in [9.17, 15) is 13.2 Å². The number of aromatic nitrogens is 2. The van der Waals surface area contributed by atoms with E-state index in [4.69, 9.17) is 12.2 Å². The Morgan fingerprint density at radius 3 is 2.41 bits per heavy atom. The van der Waals surface area contributed by atoms with Gasteiger partial charge in [-0.3, -0.25) is 4.57 Å². The van der Waals surface area contributed by atoms with Gasteiger partial charge in [0, 0.05) is 11.9 Å². The van der Waals surface area contributed by atoms with Crippen LogP contribution in [0.1, 0.15) is 11.3 Å². The molecular formula is C11H9F3N2S. The SMILES string of the molecule is Cc1cn(-c2ccccc2C(F)(F)F)c(=S)[nH]1. The molecule has 0 aliphatic rings. The second kappa shape index (κ2) is 4.03. The smallest absolute Gasteiger partial charge is 0.335 e. The van der Waals surface area contributed by atoms with Crippen LogP contribution < -0.4 is 0 Å². The lowest BCUT2D eigenvalue weighted by molar-refractivity contribution is -0.137. The van der Waals surface area contributed by atoms with Gasteiger partial charge in [-0.05, 0) is 31.3 Å². The number of aromatic amines is 1. The third-order valence-electron chi connectivity index (χ3n) is 2.31. The molecular weight excluding hydrogens is 249 g/mol. The molecule has 0 unspecified atom stereocenters. The lowest BCUT2D eigenvalue weighted by Crippen LogP contribution is -2.10. The second-order valence-corrected chi connectivity index (χ2v) is 4.01. The summed E-state index contributed by atoms with van der Waals surface area (Å²) in [6.45, 7) is 1.74. The summed E-state index contributed by atoms with van der Waals surface area (Å²) in [5.41, 5.74) is 0.0522. The first kappa shape index (κ1) is 11.9. The minimum atomic E-state index is -4.39. The second-order valence-electron chi connectivity index (χ2n) is 3.63. The third-order valence-corrected chi connectivity index (χ3v) is 2.61. The minimum Gasteiger partial charge on any atom is -0.335 e. The number of imidazole rings is 1. The fourth-order valence-corrected chi connectivity index (χ4v) is 1.93. The van der Waals surface area contributed by atoms with E-state index in [1.807, 2.05) is 0 Å². The normalized spacial score (nSPS) is 11.8. The minimum absolute atomic E-state index is 0.0364. The number of benzene rings is 1. The number of hydrogen-bond donors (Lipinski definition) is 1. The molecule has 0 atom stereocenters. The zero-order valence-corrected chi connectivity index (χ0v) is 9.69. The van der Waals surface area contributed by atoms with Gasteiger partial charge in [0.15, 0.2) is 4.77 Å². The summed E-state index contributed by atoms with van der Waals surface area (Å²) >= 11 is 4.98. The molecule has 0 radical (unpaired) electrons. The van der Waals surface area contributed by atoms with Gasteiger partial charge in [-0.25, -0.2) is 0 Å². The molecule has 1 aromatic heterocycles. The van der Waals surface area contributed by atoms with Gasteiger partial charge in [-0.2, -0.15) is 13.2 Å². The van der Waals surface area contributed by atoms with E-state index in [0.717, 1.165) is 6.07 Å². The van der Waals surface area contributed by atoms with Crippen LogP contribution in [0.4, 0.5) is 13.2 Å². The van der Waals surface area contributed by atoms with Crippen molar-refractivity contribution < 1.29 is 13.2 Å². The van der Waals surface area contributed by atoms with Gasteiger partial charge >= 0.3 is 6.18 Å². The molecule has 2 aromatic rings. The lowest BCUT2D eigenvalue weighted by Gasteiger charge is -2.12. The van der Waals surface area contributed by atoms with Crippen molar-refractivity contribution in [3.05, 3.63) is 46.5 Å². The first-order valence-corrected chi connectivity index (χ1v) is 5.25. The van der Waals surface area contributed by atoms with E-state index in [-0.39, 0.29) is 10.5 Å². The number of H-pyrrole nitrogens is 1. The largest absolute Gasteiger partial charge is 0.418 e. The van der Waals surface area contributed by atoms with Crippen LogP contribution in [-0.2, 0) is 6.18 Å². The molecule has 2 rings (SSSR count). The van der Waals surface area contributed by atoms with Crippen molar-refractivity contribution in [2.75, 3.05) is 0 Å². The van der Waals surface area contributed by atoms with E-state index in [1.165, 1.54) is 16.7 Å². The Morgan fingerprint density at radius 1 is 1.24 bits per heavy atom. The predicted molar refractivity (Wildman–Crippen MR) is 60.7 cm³/mol. The zero-order valence-electron chi connectivity index (χ0n) is 8.88. The molecule has 0 aliphatic heterocycles. The number of halogens is 3. The summed E-state index contributed by atoms with van der Waals surface area (Å²) < 4.78 is 40.0. The first-order chi connectivity index (χ1) is 7.89. The molecule has 2 nitrogen and oxygen atoms in total. The number of nitrogens with one attached hydrogen (secondary N) is 1. The molecule has 0 amide bonds. The molecule has 1 heterocycles. The quantitative estimate of drug-likeness (QED) is 0.770. The fraction of sp³-hybridized carbons (Fsp3) is 0.182. The maximum atomic E-state index is 12.8. The fourth-order valence-electron chi connectivity index (χ4n) is 1.62. The molecule has 0 bridgehead atoms. The Labute approximate surface area is 101 Å². The zero-order chi connectivity index (χ0) is 12.6. The predicted octanol–water partition coefficient (Wildman–Crippen LogP) is 3.86. The molecule has 6 heteroatoms. The highest BCUT2D eigenvalue weighted by Crippen LogP contribution is 2.33. The Bertz CT molecular complexity index is 595. The maximum Gasteiger partial charge on any atom is 0.418 e. The maximum absolute atomic E-state index is 12.8. The molecule has 0 saturated carbocycles. The molecule has 0 aliphatic carbocycles. The Kier molecular flexibility index (Phi) is 2.82. The van der Waals surface area contributed by atoms with Crippen molar-refractivity contribution in [1.82, 2.24) is 9.55 Å². The highest BCUT2D eigenvalue weighted by Gasteiger charge is 2.33. The van der Waals surface area contributed by atoms with Crippen LogP contribution in [0.15, 0.2) is 30.5 Å². The van der Waals surface area contributed by atoms with Gasteiger partial charge < -0.3 is 4.98 Å². The van der Waals surface area contributed by atoms with E-state index < -0.39 is 11.7 Å². The highest BCUT2D eigenvalue weighted by molar-refractivity contribution is 7.71. The standard InChI is InChI=1S/C11H9F3N2S/c1-7-6-16(10(17)15-7)9-5-3-2-4-8(9)11(12,13)14/h2-6H,1H3,(H,15,17). The van der Waals surface area contributed by atoms with Crippen molar-refractivity contribution in [3.8, 4) is 5.69 Å². The van der Waals surface area contributed by atoms with Crippen molar-refractivity contribution >= 4 is 12.2 Å². The monoisotopic (exact) mass is 258 g/mol. The number of hydrogen-bond acceptors (Lipinski definition) is 1. The van der Waals surface area contributed by atoms with Gasteiger partial charge in [0.2, 0.25) is 0 Å². The topological polar surface area (TPSA) is 20.7 Å². The molecule has 1 aromatic carbocycles. The van der Waals surface area contributed by atoms with Crippen molar-refractivity contribution in [2.45, 2.75) is 13.1 Å². The lowest BCUT2D eigenvalue weighted by atomic mass is 10.1. The summed E-state index contributed by atoms with van der Waals surface area (Å²) in [4.78, 5) is 2.80. The van der Waals surface area contributed by atoms with Crippen LogP contribution in [0.2, 0.25) is 0 Å². The van der Waals surface area contributed by atoms with Gasteiger partial charge in [0.1, 0.15) is 0 Å². The molecule has 17 heavy (non-hydrogen) atoms. The summed E-state index contributed by atoms with van der Waals surface area (Å²) in [5, 5.41) is 0. The third kappa shape index (κ3) is 2.26. The summed E-state index contributed by atoms with van der Waals surface area (Å²) in [6.07, 6.45) is -2.84. The average Bonchev–Trinajstić information content (AvgIpc) is 2.56. The van der Waals surface area contributed by atoms with Crippen LogP contribution in [0.25, 0.3) is 5.69 Å². The molecule has 0 spiro atoms. The van der Waals surface area contributed by atoms with Crippen LogP contribution in [-0.4, -0.2) is 9.55 Å². The van der Waals surface area contributed by atoms with Crippen molar-refractivity contribution in [3.63, 3.8) is 0 Å². The van der Waals surface area contributed by atoms with E-state index in [2.05, 4.69) is 4.98 Å². The molecule has 1 N–H and O–H groups in total. The number of nitrogens with zero attached hydrogens (tertiary/aromatic N) is 1. The van der Waals surface area contributed by atoms with Crippen LogP contribution in [0, 0.1) is 11.7 Å². The molecule has 90 valence electrons. The van der Waals surface area contributed by atoms with Gasteiger partial charge in [-0.1, -0.05) is 12.1 Å². The van der Waals surface area contributed by atoms with Crippen LogP contribution in [0.3, 0.4) is 0 Å². The Balaban J connectivity index is 2.68. The van der Waals surface area contributed by atoms with E-state index in [0.29, 0.717) is 5.69 Å². The molecule has 0 fully saturated rings. The number of para-hydroxylation sites is 1. The summed E-state index contributed by atoms with van der Waals surface area (Å²) in [5.74, 6) is 0. The van der Waals surface area contributed by atoms with E-state index in [1.54, 1.807) is 19.2 Å². The van der Waals surface area contributed by atoms with Gasteiger partial charge in [0.25, 0.3) is 0 Å². The summed E-state index contributed by atoms with van der Waals surface area (Å²) in [6, 6.07) is 5.34. The van der Waals surface area contributed by atoms with Crippen LogP contribution in [0.5, 0.6) is 0 Å². The Morgan fingerprint density at radius 2 is 1.88 bits per heavy atom. The first-order valence-electron chi connectivity index (χ1n) is 4.84. The number of aryl methyl sites for hydroxylation is 1. The van der Waals surface area contributed by atoms with Crippen molar-refractivity contribution in [2.24, 2.45) is 0 Å². The van der Waals surface area contributed by atoms with Crippen LogP contribution >= 0.6 is 12.2 Å². The Hall–Kier alpha value is -1.56. The summed E-state index contributed by atoms with van der Waals surface area (Å²) in [7, 11) is 0. The number of rotatable bonds is 1. The highest BCUT2D eigenvalue weighted by atomic mass is 32.1. The van der Waals surface area contributed by atoms with Gasteiger partial charge in [-0.15, -0.1) is 0 Å². The number of alkyl halides is 3. The average molecular weight is 258 g/mol. The van der Waals surface area contributed by atoms with E-state index >= 15 is 0 Å². The van der Waals surface area contributed by atoms with Crippen molar-refractivity contribution in [1.29, 1.82) is 0 Å². The molecule has 0 saturated heterocycles. The van der Waals surface area contributed by atoms with Gasteiger partial charge in [0.05, 0.1) is 11.3 Å².